The molecule has 4 nitrogen and oxygen atoms in total. The molecule has 4 rings (SSSR count). The maximum absolute atomic E-state index is 13.1. The van der Waals surface area contributed by atoms with Crippen LogP contribution >= 0.6 is 11.3 Å². The van der Waals surface area contributed by atoms with Crippen LogP contribution in [0, 0.1) is 0 Å². The van der Waals surface area contributed by atoms with Crippen molar-refractivity contribution >= 4 is 22.4 Å². The Morgan fingerprint density at radius 3 is 2.16 bits per heavy atom. The van der Waals surface area contributed by atoms with Crippen LogP contribution < -0.4 is 5.32 Å². The average Bonchev–Trinajstić information content (AvgIpc) is 3.24. The summed E-state index contributed by atoms with van der Waals surface area (Å²) in [6.45, 7) is 0. The average molecular weight is 350 g/mol. The molecule has 1 amide bonds. The highest BCUT2D eigenvalue weighted by atomic mass is 32.1. The fourth-order valence-electron chi connectivity index (χ4n) is 3.22. The topological polar surface area (TPSA) is 62.2 Å². The number of benzene rings is 2. The Kier molecular flexibility index (Phi) is 4.11. The molecule has 25 heavy (non-hydrogen) atoms. The van der Waals surface area contributed by atoms with Gasteiger partial charge in [-0.25, -0.2) is 4.98 Å². The molecule has 2 N–H and O–H groups in total. The van der Waals surface area contributed by atoms with E-state index in [2.05, 4.69) is 10.3 Å². The molecule has 0 atom stereocenters. The fraction of sp³-hybridized carbons (Fsp3) is 0.200. The van der Waals surface area contributed by atoms with Gasteiger partial charge in [-0.05, 0) is 30.4 Å². The Labute approximate surface area is 150 Å². The number of nitrogens with one attached hydrogen (secondary N) is 1. The first-order valence-electron chi connectivity index (χ1n) is 8.31. The molecular formula is C20H18N2O2S. The molecule has 0 spiro atoms. The normalized spacial score (nSPS) is 13.5. The third-order valence-corrected chi connectivity index (χ3v) is 5.60. The molecule has 2 aromatic carbocycles. The van der Waals surface area contributed by atoms with E-state index in [-0.39, 0.29) is 0 Å². The lowest BCUT2D eigenvalue weighted by Crippen LogP contribution is -2.41. The maximum Gasteiger partial charge on any atom is 0.267 e. The van der Waals surface area contributed by atoms with Crippen LogP contribution in [0.25, 0.3) is 0 Å². The van der Waals surface area contributed by atoms with E-state index in [1.807, 2.05) is 36.4 Å². The maximum atomic E-state index is 13.1. The Balaban J connectivity index is 1.71. The van der Waals surface area contributed by atoms with Crippen LogP contribution in [-0.4, -0.2) is 16.0 Å². The van der Waals surface area contributed by atoms with Crippen molar-refractivity contribution in [1.82, 2.24) is 4.98 Å². The summed E-state index contributed by atoms with van der Waals surface area (Å²) in [5, 5.41) is 14.8. The number of carbonyl (C=O) groups is 1. The van der Waals surface area contributed by atoms with Gasteiger partial charge in [-0.3, -0.25) is 10.1 Å². The van der Waals surface area contributed by atoms with Gasteiger partial charge in [-0.15, -0.1) is 11.3 Å². The molecule has 0 radical (unpaired) electrons. The van der Waals surface area contributed by atoms with E-state index in [1.165, 1.54) is 16.2 Å². The number of aryl methyl sites for hydroxylation is 2. The predicted octanol–water partition coefficient (Wildman–Crippen LogP) is 3.51. The molecule has 1 aromatic heterocycles. The van der Waals surface area contributed by atoms with E-state index < -0.39 is 11.5 Å². The molecule has 0 unspecified atom stereocenters. The molecule has 0 saturated carbocycles. The largest absolute Gasteiger partial charge is 0.372 e. The Hall–Kier alpha value is -2.50. The van der Waals surface area contributed by atoms with Crippen molar-refractivity contribution < 1.29 is 9.90 Å². The van der Waals surface area contributed by atoms with Gasteiger partial charge in [0.15, 0.2) is 10.7 Å². The van der Waals surface area contributed by atoms with Gasteiger partial charge in [0.1, 0.15) is 0 Å². The summed E-state index contributed by atoms with van der Waals surface area (Å²) in [4.78, 5) is 18.8. The number of aromatic nitrogens is 1. The van der Waals surface area contributed by atoms with Crippen LogP contribution in [-0.2, 0) is 23.2 Å². The third-order valence-electron chi connectivity index (χ3n) is 4.53. The second-order valence-electron chi connectivity index (χ2n) is 6.14. The molecule has 0 aliphatic heterocycles. The zero-order valence-corrected chi connectivity index (χ0v) is 14.4. The summed E-state index contributed by atoms with van der Waals surface area (Å²) in [6, 6.07) is 18.0. The van der Waals surface area contributed by atoms with Crippen LogP contribution in [0.2, 0.25) is 0 Å². The summed E-state index contributed by atoms with van der Waals surface area (Å²) < 4.78 is 0. The first kappa shape index (κ1) is 16.0. The van der Waals surface area contributed by atoms with Gasteiger partial charge in [-0.2, -0.15) is 0 Å². The number of hydrogen-bond acceptors (Lipinski definition) is 4. The minimum Gasteiger partial charge on any atom is -0.372 e. The summed E-state index contributed by atoms with van der Waals surface area (Å²) in [6.07, 6.45) is 3.11. The van der Waals surface area contributed by atoms with Gasteiger partial charge in [0.25, 0.3) is 5.91 Å². The number of aliphatic hydroxyl groups is 1. The standard InChI is InChI=1S/C20H18N2O2S/c23-18(22-19-21-16-12-7-13-17(16)25-19)20(24,14-8-3-1-4-9-14)15-10-5-2-6-11-15/h1-6,8-11,24H,7,12-13H2,(H,21,22,23). The van der Waals surface area contributed by atoms with Crippen molar-refractivity contribution in [3.05, 3.63) is 82.4 Å². The van der Waals surface area contributed by atoms with Gasteiger partial charge < -0.3 is 5.11 Å². The van der Waals surface area contributed by atoms with Crippen molar-refractivity contribution in [2.75, 3.05) is 5.32 Å². The fourth-order valence-corrected chi connectivity index (χ4v) is 4.26. The molecule has 3 aromatic rings. The third kappa shape index (κ3) is 2.86. The van der Waals surface area contributed by atoms with Gasteiger partial charge in [0.2, 0.25) is 0 Å². The quantitative estimate of drug-likeness (QED) is 0.757. The van der Waals surface area contributed by atoms with Crippen molar-refractivity contribution in [3.8, 4) is 0 Å². The van der Waals surface area contributed by atoms with Crippen LogP contribution in [0.5, 0.6) is 0 Å². The minimum absolute atomic E-state index is 0.489. The first-order chi connectivity index (χ1) is 12.2. The Morgan fingerprint density at radius 2 is 1.60 bits per heavy atom. The number of amides is 1. The second kappa shape index (κ2) is 6.43. The van der Waals surface area contributed by atoms with E-state index in [9.17, 15) is 9.90 Å². The number of anilines is 1. The molecule has 5 heteroatoms. The molecule has 1 heterocycles. The van der Waals surface area contributed by atoms with Crippen LogP contribution in [0.15, 0.2) is 60.7 Å². The number of carbonyl (C=O) groups excluding carboxylic acids is 1. The van der Waals surface area contributed by atoms with Crippen molar-refractivity contribution in [2.24, 2.45) is 0 Å². The Bertz CT molecular complexity index is 830. The van der Waals surface area contributed by atoms with Gasteiger partial charge in [-0.1, -0.05) is 60.7 Å². The predicted molar refractivity (Wildman–Crippen MR) is 98.7 cm³/mol. The zero-order valence-electron chi connectivity index (χ0n) is 13.6. The van der Waals surface area contributed by atoms with Crippen molar-refractivity contribution in [3.63, 3.8) is 0 Å². The molecule has 126 valence electrons. The Morgan fingerprint density at radius 1 is 1.00 bits per heavy atom. The summed E-state index contributed by atoms with van der Waals surface area (Å²) in [5.41, 5.74) is 0.368. The SMILES string of the molecule is O=C(Nc1nc2c(s1)CCC2)C(O)(c1ccccc1)c1ccccc1. The summed E-state index contributed by atoms with van der Waals surface area (Å²) >= 11 is 1.50. The highest BCUT2D eigenvalue weighted by molar-refractivity contribution is 7.15. The van der Waals surface area contributed by atoms with Crippen LogP contribution in [0.4, 0.5) is 5.13 Å². The van der Waals surface area contributed by atoms with E-state index >= 15 is 0 Å². The smallest absolute Gasteiger partial charge is 0.267 e. The lowest BCUT2D eigenvalue weighted by molar-refractivity contribution is -0.131. The molecule has 1 aliphatic carbocycles. The van der Waals surface area contributed by atoms with Gasteiger partial charge in [0.05, 0.1) is 5.69 Å². The van der Waals surface area contributed by atoms with Crippen LogP contribution in [0.1, 0.15) is 28.1 Å². The number of rotatable bonds is 4. The number of fused-ring (bicyclic) bond motifs is 1. The number of nitrogens with zero attached hydrogens (tertiary/aromatic N) is 1. The first-order valence-corrected chi connectivity index (χ1v) is 9.13. The van der Waals surface area contributed by atoms with Crippen LogP contribution in [0.3, 0.4) is 0 Å². The zero-order chi connectivity index (χ0) is 17.3. The molecule has 0 bridgehead atoms. The van der Waals surface area contributed by atoms with Gasteiger partial charge in [0, 0.05) is 4.88 Å². The number of hydrogen-bond donors (Lipinski definition) is 2. The second-order valence-corrected chi connectivity index (χ2v) is 7.22. The van der Waals surface area contributed by atoms with Gasteiger partial charge >= 0.3 is 0 Å². The summed E-state index contributed by atoms with van der Waals surface area (Å²) in [5.74, 6) is -0.489. The van der Waals surface area contributed by atoms with Crippen molar-refractivity contribution in [1.29, 1.82) is 0 Å². The monoisotopic (exact) mass is 350 g/mol. The summed E-state index contributed by atoms with van der Waals surface area (Å²) in [7, 11) is 0. The molecular weight excluding hydrogens is 332 g/mol. The molecule has 0 fully saturated rings. The van der Waals surface area contributed by atoms with E-state index in [0.717, 1.165) is 25.0 Å². The lowest BCUT2D eigenvalue weighted by Gasteiger charge is -2.27. The van der Waals surface area contributed by atoms with E-state index in [4.69, 9.17) is 0 Å². The van der Waals surface area contributed by atoms with E-state index in [1.54, 1.807) is 24.3 Å². The molecule has 1 aliphatic rings. The highest BCUT2D eigenvalue weighted by Crippen LogP contribution is 2.34. The molecule has 0 saturated heterocycles. The highest BCUT2D eigenvalue weighted by Gasteiger charge is 2.40. The van der Waals surface area contributed by atoms with E-state index in [0.29, 0.717) is 16.3 Å². The van der Waals surface area contributed by atoms with Crippen molar-refractivity contribution in [2.45, 2.75) is 24.9 Å². The minimum atomic E-state index is -1.77. The number of thiazole rings is 1. The lowest BCUT2D eigenvalue weighted by atomic mass is 9.85.